The first-order chi connectivity index (χ1) is 16.9. The maximum Gasteiger partial charge on any atom is 0.308 e. The Morgan fingerprint density at radius 2 is 1.46 bits per heavy atom. The number of amides is 2. The van der Waals surface area contributed by atoms with Crippen molar-refractivity contribution in [2.75, 3.05) is 26.6 Å². The second kappa shape index (κ2) is 11.6. The summed E-state index contributed by atoms with van der Waals surface area (Å²) in [6.07, 6.45) is 0. The van der Waals surface area contributed by atoms with Crippen molar-refractivity contribution in [3.05, 3.63) is 77.4 Å². The van der Waals surface area contributed by atoms with Crippen LogP contribution in [0.3, 0.4) is 0 Å². The van der Waals surface area contributed by atoms with Gasteiger partial charge in [-0.05, 0) is 42.0 Å². The Kier molecular flexibility index (Phi) is 8.29. The maximum absolute atomic E-state index is 12.8. The van der Waals surface area contributed by atoms with Crippen LogP contribution in [0.25, 0.3) is 0 Å². The molecular weight excluding hydrogens is 452 g/mol. The van der Waals surface area contributed by atoms with Crippen molar-refractivity contribution in [1.29, 1.82) is 0 Å². The summed E-state index contributed by atoms with van der Waals surface area (Å²) in [5, 5.41) is 5.68. The number of hydrogen-bond acceptors (Lipinski definition) is 7. The molecule has 0 heterocycles. The van der Waals surface area contributed by atoms with Crippen molar-refractivity contribution in [3.8, 4) is 23.0 Å². The summed E-state index contributed by atoms with van der Waals surface area (Å²) >= 11 is 0. The molecule has 9 nitrogen and oxygen atoms in total. The SMILES string of the molecule is COc1cc(C(=O)NCc2ccccc2NC(=O)c2cccc(OC(C)=O)c2)cc(OC)c1OC. The fourth-order valence-corrected chi connectivity index (χ4v) is 3.35. The molecule has 0 fully saturated rings. The first-order valence-electron chi connectivity index (χ1n) is 10.6. The van der Waals surface area contributed by atoms with E-state index >= 15 is 0 Å². The molecule has 182 valence electrons. The molecule has 3 rings (SSSR count). The zero-order valence-corrected chi connectivity index (χ0v) is 19.8. The molecule has 0 radical (unpaired) electrons. The topological polar surface area (TPSA) is 112 Å². The van der Waals surface area contributed by atoms with Crippen LogP contribution in [0.4, 0.5) is 5.69 Å². The van der Waals surface area contributed by atoms with Gasteiger partial charge < -0.3 is 29.6 Å². The lowest BCUT2D eigenvalue weighted by Crippen LogP contribution is -2.24. The molecule has 0 spiro atoms. The summed E-state index contributed by atoms with van der Waals surface area (Å²) in [4.78, 5) is 36.8. The van der Waals surface area contributed by atoms with Gasteiger partial charge in [0.25, 0.3) is 11.8 Å². The van der Waals surface area contributed by atoms with E-state index in [0.717, 1.165) is 0 Å². The van der Waals surface area contributed by atoms with E-state index in [1.54, 1.807) is 54.6 Å². The number of carbonyl (C=O) groups is 3. The summed E-state index contributed by atoms with van der Waals surface area (Å²) < 4.78 is 20.9. The normalized spacial score (nSPS) is 10.2. The summed E-state index contributed by atoms with van der Waals surface area (Å²) in [6, 6.07) is 16.5. The van der Waals surface area contributed by atoms with E-state index in [-0.39, 0.29) is 24.1 Å². The molecule has 0 saturated carbocycles. The average Bonchev–Trinajstić information content (AvgIpc) is 2.86. The molecule has 0 atom stereocenters. The molecule has 0 aliphatic rings. The molecule has 2 amide bonds. The number of hydrogen-bond donors (Lipinski definition) is 2. The molecule has 0 saturated heterocycles. The third kappa shape index (κ3) is 6.29. The lowest BCUT2D eigenvalue weighted by molar-refractivity contribution is -0.131. The number of ether oxygens (including phenoxy) is 4. The highest BCUT2D eigenvalue weighted by molar-refractivity contribution is 6.05. The molecule has 0 aliphatic heterocycles. The molecule has 35 heavy (non-hydrogen) atoms. The van der Waals surface area contributed by atoms with Gasteiger partial charge in [-0.25, -0.2) is 0 Å². The van der Waals surface area contributed by atoms with Gasteiger partial charge in [-0.1, -0.05) is 24.3 Å². The molecule has 3 aromatic rings. The van der Waals surface area contributed by atoms with Crippen molar-refractivity contribution in [2.24, 2.45) is 0 Å². The lowest BCUT2D eigenvalue weighted by Gasteiger charge is -2.15. The standard InChI is InChI=1S/C26H26N2O7/c1-16(29)35-20-10-7-9-17(12-20)26(31)28-21-11-6-5-8-18(21)15-27-25(30)19-13-22(32-2)24(34-4)23(14-19)33-3/h5-14H,15H2,1-4H3,(H,27,30)(H,28,31). The van der Waals surface area contributed by atoms with Gasteiger partial charge in [0.1, 0.15) is 5.75 Å². The first kappa shape index (κ1) is 25.1. The predicted octanol–water partition coefficient (Wildman–Crippen LogP) is 3.82. The van der Waals surface area contributed by atoms with Crippen molar-refractivity contribution in [1.82, 2.24) is 5.32 Å². The highest BCUT2D eigenvalue weighted by atomic mass is 16.5. The molecule has 0 unspecified atom stereocenters. The van der Waals surface area contributed by atoms with Crippen LogP contribution < -0.4 is 29.6 Å². The Labute approximate surface area is 203 Å². The van der Waals surface area contributed by atoms with Crippen LogP contribution in [-0.4, -0.2) is 39.1 Å². The van der Waals surface area contributed by atoms with Crippen LogP contribution in [-0.2, 0) is 11.3 Å². The molecule has 0 aromatic heterocycles. The van der Waals surface area contributed by atoms with Crippen LogP contribution in [0.1, 0.15) is 33.2 Å². The Morgan fingerprint density at radius 1 is 0.771 bits per heavy atom. The molecule has 9 heteroatoms. The minimum atomic E-state index is -0.476. The summed E-state index contributed by atoms with van der Waals surface area (Å²) in [6.45, 7) is 1.44. The van der Waals surface area contributed by atoms with Crippen molar-refractivity contribution in [2.45, 2.75) is 13.5 Å². The van der Waals surface area contributed by atoms with Crippen LogP contribution in [0, 0.1) is 0 Å². The summed E-state index contributed by atoms with van der Waals surface area (Å²) in [5.41, 5.74) is 1.86. The first-order valence-corrected chi connectivity index (χ1v) is 10.6. The average molecular weight is 479 g/mol. The highest BCUT2D eigenvalue weighted by Crippen LogP contribution is 2.38. The zero-order chi connectivity index (χ0) is 25.4. The largest absolute Gasteiger partial charge is 0.493 e. The smallest absolute Gasteiger partial charge is 0.308 e. The second-order valence-electron chi connectivity index (χ2n) is 7.33. The number of esters is 1. The van der Waals surface area contributed by atoms with Gasteiger partial charge >= 0.3 is 5.97 Å². The Hall–Kier alpha value is -4.53. The number of para-hydroxylation sites is 1. The number of anilines is 1. The van der Waals surface area contributed by atoms with Gasteiger partial charge in [-0.2, -0.15) is 0 Å². The zero-order valence-electron chi connectivity index (χ0n) is 19.8. The number of nitrogens with one attached hydrogen (secondary N) is 2. The van der Waals surface area contributed by atoms with E-state index < -0.39 is 5.97 Å². The fraction of sp³-hybridized carbons (Fsp3) is 0.192. The predicted molar refractivity (Wildman–Crippen MR) is 129 cm³/mol. The van der Waals surface area contributed by atoms with Crippen LogP contribution in [0.15, 0.2) is 60.7 Å². The molecule has 3 aromatic carbocycles. The van der Waals surface area contributed by atoms with E-state index in [1.165, 1.54) is 34.3 Å². The van der Waals surface area contributed by atoms with Crippen LogP contribution in [0.5, 0.6) is 23.0 Å². The number of methoxy groups -OCH3 is 3. The van der Waals surface area contributed by atoms with Gasteiger partial charge in [0.2, 0.25) is 5.75 Å². The van der Waals surface area contributed by atoms with E-state index in [2.05, 4.69) is 10.6 Å². The molecule has 2 N–H and O–H groups in total. The van der Waals surface area contributed by atoms with Crippen molar-refractivity contribution in [3.63, 3.8) is 0 Å². The number of benzene rings is 3. The van der Waals surface area contributed by atoms with Gasteiger partial charge in [0.05, 0.1) is 21.3 Å². The van der Waals surface area contributed by atoms with E-state index in [9.17, 15) is 14.4 Å². The quantitative estimate of drug-likeness (QED) is 0.355. The molecular formula is C26H26N2O7. The maximum atomic E-state index is 12.8. The number of rotatable bonds is 9. The third-order valence-corrected chi connectivity index (χ3v) is 4.99. The lowest BCUT2D eigenvalue weighted by atomic mass is 10.1. The van der Waals surface area contributed by atoms with Gasteiger partial charge in [-0.15, -0.1) is 0 Å². The minimum Gasteiger partial charge on any atom is -0.493 e. The van der Waals surface area contributed by atoms with Gasteiger partial charge in [0, 0.05) is 30.3 Å². The second-order valence-corrected chi connectivity index (χ2v) is 7.33. The fourth-order valence-electron chi connectivity index (χ4n) is 3.35. The minimum absolute atomic E-state index is 0.152. The van der Waals surface area contributed by atoms with Gasteiger partial charge in [-0.3, -0.25) is 14.4 Å². The molecule has 0 bridgehead atoms. The highest BCUT2D eigenvalue weighted by Gasteiger charge is 2.17. The van der Waals surface area contributed by atoms with E-state index in [1.807, 2.05) is 0 Å². The summed E-state index contributed by atoms with van der Waals surface area (Å²) in [7, 11) is 4.43. The molecule has 0 aliphatic carbocycles. The monoisotopic (exact) mass is 478 g/mol. The Bertz CT molecular complexity index is 1210. The Morgan fingerprint density at radius 3 is 2.09 bits per heavy atom. The van der Waals surface area contributed by atoms with E-state index in [4.69, 9.17) is 18.9 Å². The van der Waals surface area contributed by atoms with Gasteiger partial charge in [0.15, 0.2) is 11.5 Å². The summed E-state index contributed by atoms with van der Waals surface area (Å²) in [5.74, 6) is 0.160. The van der Waals surface area contributed by atoms with Crippen LogP contribution in [0.2, 0.25) is 0 Å². The van der Waals surface area contributed by atoms with Crippen molar-refractivity contribution < 1.29 is 33.3 Å². The van der Waals surface area contributed by atoms with Crippen molar-refractivity contribution >= 4 is 23.5 Å². The Balaban J connectivity index is 1.74. The van der Waals surface area contributed by atoms with E-state index in [0.29, 0.717) is 39.6 Å². The number of carbonyl (C=O) groups excluding carboxylic acids is 3. The van der Waals surface area contributed by atoms with Crippen LogP contribution >= 0.6 is 0 Å². The third-order valence-electron chi connectivity index (χ3n) is 4.99.